The monoisotopic (exact) mass is 357 g/mol. The van der Waals surface area contributed by atoms with Crippen molar-refractivity contribution in [1.29, 1.82) is 0 Å². The average molecular weight is 357 g/mol. The third kappa shape index (κ3) is 4.15. The van der Waals surface area contributed by atoms with Gasteiger partial charge in [0.2, 0.25) is 11.1 Å². The van der Waals surface area contributed by atoms with Gasteiger partial charge in [0, 0.05) is 22.9 Å². The van der Waals surface area contributed by atoms with E-state index in [4.69, 9.17) is 0 Å². The number of aromatic nitrogens is 4. The second-order valence-electron chi connectivity index (χ2n) is 4.74. The second kappa shape index (κ2) is 7.98. The van der Waals surface area contributed by atoms with Gasteiger partial charge in [-0.15, -0.1) is 16.9 Å². The maximum atomic E-state index is 12.1. The van der Waals surface area contributed by atoms with Crippen LogP contribution < -0.4 is 5.32 Å². The highest BCUT2D eigenvalue weighted by Crippen LogP contribution is 2.25. The number of carbonyl (C=O) groups is 1. The molecule has 2 heterocycles. The first-order valence-corrected chi connectivity index (χ1v) is 9.36. The van der Waals surface area contributed by atoms with Crippen LogP contribution in [0.2, 0.25) is 0 Å². The number of benzene rings is 1. The Balaban J connectivity index is 1.58. The third-order valence-electron chi connectivity index (χ3n) is 3.13. The first-order chi connectivity index (χ1) is 11.8. The molecule has 0 aliphatic carbocycles. The average Bonchev–Trinajstić information content (AvgIpc) is 3.10. The van der Waals surface area contributed by atoms with E-state index < -0.39 is 0 Å². The van der Waals surface area contributed by atoms with Gasteiger partial charge in [0.1, 0.15) is 0 Å². The van der Waals surface area contributed by atoms with Crippen LogP contribution in [0.5, 0.6) is 0 Å². The zero-order chi connectivity index (χ0) is 16.8. The Bertz CT molecular complexity index is 822. The van der Waals surface area contributed by atoms with Crippen molar-refractivity contribution >= 4 is 35.1 Å². The summed E-state index contributed by atoms with van der Waals surface area (Å²) in [5.74, 6) is 0.820. The number of carbonyl (C=O) groups excluding carboxylic acids is 1. The minimum absolute atomic E-state index is 0.0863. The van der Waals surface area contributed by atoms with Crippen molar-refractivity contribution in [3.05, 3.63) is 48.8 Å². The summed E-state index contributed by atoms with van der Waals surface area (Å²) in [6, 6.07) is 11.4. The first kappa shape index (κ1) is 16.5. The highest BCUT2D eigenvalue weighted by atomic mass is 32.2. The zero-order valence-corrected chi connectivity index (χ0v) is 14.5. The molecule has 122 valence electrons. The van der Waals surface area contributed by atoms with Crippen LogP contribution in [0.25, 0.3) is 11.4 Å². The molecule has 0 unspecified atom stereocenters. The number of H-pyrrole nitrogens is 1. The van der Waals surface area contributed by atoms with Crippen molar-refractivity contribution in [1.82, 2.24) is 20.2 Å². The lowest BCUT2D eigenvalue weighted by atomic mass is 10.3. The fourth-order valence-corrected chi connectivity index (χ4v) is 3.17. The molecule has 3 rings (SSSR count). The van der Waals surface area contributed by atoms with Gasteiger partial charge in [0.25, 0.3) is 0 Å². The Morgan fingerprint density at radius 1 is 1.21 bits per heavy atom. The number of anilines is 1. The van der Waals surface area contributed by atoms with Gasteiger partial charge in [-0.25, -0.2) is 4.98 Å². The predicted octanol–water partition coefficient (Wildman–Crippen LogP) is 3.32. The summed E-state index contributed by atoms with van der Waals surface area (Å²) in [6.45, 7) is 0. The van der Waals surface area contributed by atoms with E-state index in [9.17, 15) is 4.79 Å². The number of rotatable bonds is 6. The lowest BCUT2D eigenvalue weighted by molar-refractivity contribution is -0.113. The Labute approximate surface area is 147 Å². The van der Waals surface area contributed by atoms with E-state index in [1.165, 1.54) is 11.8 Å². The molecule has 0 spiro atoms. The van der Waals surface area contributed by atoms with E-state index in [0.29, 0.717) is 11.0 Å². The van der Waals surface area contributed by atoms with E-state index in [2.05, 4.69) is 25.5 Å². The lowest BCUT2D eigenvalue weighted by Gasteiger charge is -2.08. The summed E-state index contributed by atoms with van der Waals surface area (Å²) in [5, 5.41) is 10.4. The van der Waals surface area contributed by atoms with E-state index in [1.54, 1.807) is 24.2 Å². The van der Waals surface area contributed by atoms with Crippen LogP contribution in [0.4, 0.5) is 5.69 Å². The van der Waals surface area contributed by atoms with Crippen molar-refractivity contribution in [2.75, 3.05) is 17.3 Å². The Hall–Kier alpha value is -2.32. The number of amides is 1. The summed E-state index contributed by atoms with van der Waals surface area (Å²) in [4.78, 5) is 21.5. The molecule has 0 aliphatic heterocycles. The van der Waals surface area contributed by atoms with Gasteiger partial charge in [-0.3, -0.25) is 14.9 Å². The molecule has 8 heteroatoms. The van der Waals surface area contributed by atoms with Crippen LogP contribution in [0, 0.1) is 0 Å². The molecule has 0 fully saturated rings. The molecule has 2 aromatic heterocycles. The molecule has 2 N–H and O–H groups in total. The largest absolute Gasteiger partial charge is 0.324 e. The van der Waals surface area contributed by atoms with Crippen LogP contribution in [0.15, 0.2) is 58.8 Å². The number of hydrogen-bond acceptors (Lipinski definition) is 6. The summed E-state index contributed by atoms with van der Waals surface area (Å²) >= 11 is 2.89. The van der Waals surface area contributed by atoms with E-state index in [-0.39, 0.29) is 11.7 Å². The predicted molar refractivity (Wildman–Crippen MR) is 97.2 cm³/mol. The Morgan fingerprint density at radius 3 is 2.79 bits per heavy atom. The number of nitrogens with zero attached hydrogens (tertiary/aromatic N) is 3. The maximum absolute atomic E-state index is 12.1. The number of para-hydroxylation sites is 1. The van der Waals surface area contributed by atoms with E-state index in [1.807, 2.05) is 42.7 Å². The van der Waals surface area contributed by atoms with Gasteiger partial charge in [0.15, 0.2) is 5.82 Å². The molecule has 1 aromatic carbocycles. The number of nitrogens with one attached hydrogen (secondary N) is 2. The number of pyridine rings is 1. The van der Waals surface area contributed by atoms with Gasteiger partial charge in [-0.1, -0.05) is 23.9 Å². The van der Waals surface area contributed by atoms with Crippen LogP contribution >= 0.6 is 23.5 Å². The molecule has 0 saturated carbocycles. The maximum Gasteiger partial charge on any atom is 0.234 e. The van der Waals surface area contributed by atoms with Gasteiger partial charge in [-0.05, 0) is 30.5 Å². The van der Waals surface area contributed by atoms with Crippen molar-refractivity contribution < 1.29 is 4.79 Å². The van der Waals surface area contributed by atoms with Crippen LogP contribution in [-0.4, -0.2) is 38.1 Å². The standard InChI is InChI=1S/C16H15N5OS2/c1-23-13-5-3-2-4-12(13)18-14(22)10-24-16-19-15(20-21-16)11-6-8-17-9-7-11/h2-9H,10H2,1H3,(H,18,22)(H,19,20,21). The molecule has 0 atom stereocenters. The molecule has 3 aromatic rings. The van der Waals surface area contributed by atoms with Crippen molar-refractivity contribution in [3.63, 3.8) is 0 Å². The fourth-order valence-electron chi connectivity index (χ4n) is 2.01. The first-order valence-electron chi connectivity index (χ1n) is 7.15. The third-order valence-corrected chi connectivity index (χ3v) is 4.78. The summed E-state index contributed by atoms with van der Waals surface area (Å²) in [6.07, 6.45) is 5.37. The molecular formula is C16H15N5OS2. The van der Waals surface area contributed by atoms with Crippen molar-refractivity contribution in [2.24, 2.45) is 0 Å². The van der Waals surface area contributed by atoms with Gasteiger partial charge in [0.05, 0.1) is 11.4 Å². The van der Waals surface area contributed by atoms with Gasteiger partial charge in [-0.2, -0.15) is 0 Å². The summed E-state index contributed by atoms with van der Waals surface area (Å²) < 4.78 is 0. The SMILES string of the molecule is CSc1ccccc1NC(=O)CSc1n[nH]c(-c2ccncc2)n1. The quantitative estimate of drug-likeness (QED) is 0.659. The highest BCUT2D eigenvalue weighted by Gasteiger charge is 2.10. The molecule has 0 bridgehead atoms. The van der Waals surface area contributed by atoms with Crippen molar-refractivity contribution in [3.8, 4) is 11.4 Å². The molecule has 0 aliphatic rings. The minimum Gasteiger partial charge on any atom is -0.324 e. The molecule has 6 nitrogen and oxygen atoms in total. The zero-order valence-electron chi connectivity index (χ0n) is 12.9. The van der Waals surface area contributed by atoms with Crippen LogP contribution in [-0.2, 0) is 4.79 Å². The molecule has 0 radical (unpaired) electrons. The minimum atomic E-state index is -0.0863. The van der Waals surface area contributed by atoms with E-state index in [0.717, 1.165) is 16.1 Å². The van der Waals surface area contributed by atoms with Crippen LogP contribution in [0.3, 0.4) is 0 Å². The highest BCUT2D eigenvalue weighted by molar-refractivity contribution is 7.99. The topological polar surface area (TPSA) is 83.6 Å². The molecule has 0 saturated heterocycles. The Kier molecular flexibility index (Phi) is 5.50. The number of thioether (sulfide) groups is 2. The smallest absolute Gasteiger partial charge is 0.234 e. The normalized spacial score (nSPS) is 10.5. The Morgan fingerprint density at radius 2 is 2.00 bits per heavy atom. The molecular weight excluding hydrogens is 342 g/mol. The second-order valence-corrected chi connectivity index (χ2v) is 6.53. The van der Waals surface area contributed by atoms with Crippen molar-refractivity contribution in [2.45, 2.75) is 10.1 Å². The lowest BCUT2D eigenvalue weighted by Crippen LogP contribution is -2.14. The number of hydrogen-bond donors (Lipinski definition) is 2. The summed E-state index contributed by atoms with van der Waals surface area (Å²) in [5.41, 5.74) is 1.73. The summed E-state index contributed by atoms with van der Waals surface area (Å²) in [7, 11) is 0. The fraction of sp³-hybridized carbons (Fsp3) is 0.125. The van der Waals surface area contributed by atoms with Gasteiger partial charge >= 0.3 is 0 Å². The van der Waals surface area contributed by atoms with Crippen LogP contribution in [0.1, 0.15) is 0 Å². The number of aromatic amines is 1. The molecule has 24 heavy (non-hydrogen) atoms. The van der Waals surface area contributed by atoms with Gasteiger partial charge < -0.3 is 5.32 Å². The molecule has 1 amide bonds. The van der Waals surface area contributed by atoms with E-state index >= 15 is 0 Å².